The quantitative estimate of drug-likeness (QED) is 0.883. The van der Waals surface area contributed by atoms with Gasteiger partial charge in [0.2, 0.25) is 0 Å². The lowest BCUT2D eigenvalue weighted by atomic mass is 10.0. The number of thiophene rings is 1. The van der Waals surface area contributed by atoms with Gasteiger partial charge in [-0.1, -0.05) is 17.7 Å². The number of nitrogens with one attached hydrogen (secondary N) is 1. The van der Waals surface area contributed by atoms with E-state index < -0.39 is 0 Å². The third-order valence-electron chi connectivity index (χ3n) is 2.67. The average Bonchev–Trinajstić information content (AvgIpc) is 2.82. The van der Waals surface area contributed by atoms with E-state index in [2.05, 4.69) is 11.4 Å². The normalized spacial score (nSPS) is 12.6. The molecule has 1 atom stereocenters. The molecule has 0 spiro atoms. The van der Waals surface area contributed by atoms with E-state index in [9.17, 15) is 4.39 Å². The van der Waals surface area contributed by atoms with Crippen LogP contribution in [0.15, 0.2) is 35.7 Å². The van der Waals surface area contributed by atoms with Crippen molar-refractivity contribution in [3.63, 3.8) is 0 Å². The summed E-state index contributed by atoms with van der Waals surface area (Å²) in [5.74, 6) is -0.217. The van der Waals surface area contributed by atoms with Crippen molar-refractivity contribution < 1.29 is 4.39 Å². The zero-order valence-corrected chi connectivity index (χ0v) is 11.0. The smallest absolute Gasteiger partial charge is 0.128 e. The van der Waals surface area contributed by atoms with E-state index in [-0.39, 0.29) is 11.9 Å². The maximum atomic E-state index is 13.7. The molecule has 17 heavy (non-hydrogen) atoms. The Morgan fingerprint density at radius 2 is 2.24 bits per heavy atom. The van der Waals surface area contributed by atoms with Gasteiger partial charge in [0.05, 0.1) is 0 Å². The molecule has 0 saturated carbocycles. The molecule has 2 rings (SSSR count). The Hall–Kier alpha value is -0.900. The standard InChI is InChI=1S/C13H13ClFNS/c1-16-13(8-10-3-2-6-17-10)11-7-9(14)4-5-12(11)15/h2-7,13,16H,8H2,1H3. The Balaban J connectivity index is 2.25. The number of rotatable bonds is 4. The van der Waals surface area contributed by atoms with Gasteiger partial charge < -0.3 is 5.32 Å². The highest BCUT2D eigenvalue weighted by atomic mass is 35.5. The molecule has 1 N–H and O–H groups in total. The van der Waals surface area contributed by atoms with Gasteiger partial charge in [-0.25, -0.2) is 4.39 Å². The van der Waals surface area contributed by atoms with Crippen LogP contribution in [-0.4, -0.2) is 7.05 Å². The molecule has 1 nitrogen and oxygen atoms in total. The zero-order valence-electron chi connectivity index (χ0n) is 9.41. The lowest BCUT2D eigenvalue weighted by Crippen LogP contribution is -2.19. The highest BCUT2D eigenvalue weighted by Gasteiger charge is 2.15. The second-order valence-corrected chi connectivity index (χ2v) is 5.26. The Kier molecular flexibility index (Phi) is 4.15. The molecule has 0 fully saturated rings. The molecule has 0 bridgehead atoms. The molecule has 0 radical (unpaired) electrons. The molecule has 1 aromatic heterocycles. The molecule has 1 aromatic carbocycles. The minimum atomic E-state index is -0.217. The topological polar surface area (TPSA) is 12.0 Å². The Morgan fingerprint density at radius 1 is 1.41 bits per heavy atom. The van der Waals surface area contributed by atoms with Crippen LogP contribution in [0.1, 0.15) is 16.5 Å². The van der Waals surface area contributed by atoms with E-state index in [1.807, 2.05) is 18.5 Å². The van der Waals surface area contributed by atoms with Crippen molar-refractivity contribution >= 4 is 22.9 Å². The predicted octanol–water partition coefficient (Wildman–Crippen LogP) is 4.04. The average molecular weight is 270 g/mol. The van der Waals surface area contributed by atoms with E-state index in [0.717, 1.165) is 6.42 Å². The minimum Gasteiger partial charge on any atom is -0.313 e. The van der Waals surface area contributed by atoms with Gasteiger partial charge in [0.15, 0.2) is 0 Å². The summed E-state index contributed by atoms with van der Waals surface area (Å²) in [7, 11) is 1.83. The first-order chi connectivity index (χ1) is 8.20. The van der Waals surface area contributed by atoms with E-state index >= 15 is 0 Å². The first kappa shape index (κ1) is 12.6. The van der Waals surface area contributed by atoms with Crippen LogP contribution >= 0.6 is 22.9 Å². The molecule has 90 valence electrons. The fourth-order valence-electron chi connectivity index (χ4n) is 1.78. The van der Waals surface area contributed by atoms with Crippen LogP contribution in [0.5, 0.6) is 0 Å². The molecule has 0 amide bonds. The fourth-order valence-corrected chi connectivity index (χ4v) is 2.71. The van der Waals surface area contributed by atoms with Gasteiger partial charge in [-0.2, -0.15) is 0 Å². The number of hydrogen-bond donors (Lipinski definition) is 1. The number of halogens is 2. The molecule has 4 heteroatoms. The van der Waals surface area contributed by atoms with Crippen LogP contribution in [-0.2, 0) is 6.42 Å². The molecule has 0 aliphatic rings. The summed E-state index contributed by atoms with van der Waals surface area (Å²) in [6.07, 6.45) is 0.769. The molecule has 2 aromatic rings. The largest absolute Gasteiger partial charge is 0.313 e. The molecular formula is C13H13ClFNS. The first-order valence-corrected chi connectivity index (χ1v) is 6.61. The summed E-state index contributed by atoms with van der Waals surface area (Å²) < 4.78 is 13.7. The third-order valence-corrected chi connectivity index (χ3v) is 3.80. The number of benzene rings is 1. The maximum absolute atomic E-state index is 13.7. The van der Waals surface area contributed by atoms with Gasteiger partial charge in [0.1, 0.15) is 5.82 Å². The van der Waals surface area contributed by atoms with Crippen LogP contribution in [0, 0.1) is 5.82 Å². The van der Waals surface area contributed by atoms with Crippen LogP contribution in [0.25, 0.3) is 0 Å². The molecule has 0 saturated heterocycles. The van der Waals surface area contributed by atoms with E-state index in [1.54, 1.807) is 23.5 Å². The van der Waals surface area contributed by atoms with Crippen LogP contribution in [0.4, 0.5) is 4.39 Å². The molecule has 1 unspecified atom stereocenters. The summed E-state index contributed by atoms with van der Waals surface area (Å²) in [4.78, 5) is 1.23. The maximum Gasteiger partial charge on any atom is 0.128 e. The fraction of sp³-hybridized carbons (Fsp3) is 0.231. The second kappa shape index (κ2) is 5.63. The van der Waals surface area contributed by atoms with Crippen molar-refractivity contribution in [3.05, 3.63) is 57.0 Å². The summed E-state index contributed by atoms with van der Waals surface area (Å²) >= 11 is 7.58. The number of likely N-dealkylation sites (N-methyl/N-ethyl adjacent to an activating group) is 1. The summed E-state index contributed by atoms with van der Waals surface area (Å²) in [6, 6.07) is 8.67. The molecule has 0 aliphatic heterocycles. The van der Waals surface area contributed by atoms with Crippen LogP contribution in [0.2, 0.25) is 5.02 Å². The van der Waals surface area contributed by atoms with Crippen LogP contribution in [0.3, 0.4) is 0 Å². The second-order valence-electron chi connectivity index (χ2n) is 3.79. The van der Waals surface area contributed by atoms with Crippen molar-refractivity contribution in [3.8, 4) is 0 Å². The Labute approximate surface area is 109 Å². The molecule has 1 heterocycles. The molecular weight excluding hydrogens is 257 g/mol. The van der Waals surface area contributed by atoms with Gasteiger partial charge in [-0.15, -0.1) is 11.3 Å². The van der Waals surface area contributed by atoms with Gasteiger partial charge in [-0.3, -0.25) is 0 Å². The van der Waals surface area contributed by atoms with Gasteiger partial charge in [0, 0.05) is 27.9 Å². The van der Waals surface area contributed by atoms with E-state index in [4.69, 9.17) is 11.6 Å². The van der Waals surface area contributed by atoms with Crippen molar-refractivity contribution in [1.29, 1.82) is 0 Å². The highest BCUT2D eigenvalue weighted by molar-refractivity contribution is 7.09. The van der Waals surface area contributed by atoms with Gasteiger partial charge >= 0.3 is 0 Å². The zero-order chi connectivity index (χ0) is 12.3. The summed E-state index contributed by atoms with van der Waals surface area (Å²) in [6.45, 7) is 0. The van der Waals surface area contributed by atoms with Crippen molar-refractivity contribution in [1.82, 2.24) is 5.32 Å². The lowest BCUT2D eigenvalue weighted by Gasteiger charge is -2.16. The van der Waals surface area contributed by atoms with Crippen molar-refractivity contribution in [2.24, 2.45) is 0 Å². The van der Waals surface area contributed by atoms with E-state index in [1.165, 1.54) is 10.9 Å². The lowest BCUT2D eigenvalue weighted by molar-refractivity contribution is 0.536. The Morgan fingerprint density at radius 3 is 2.88 bits per heavy atom. The Bertz CT molecular complexity index is 484. The molecule has 0 aliphatic carbocycles. The van der Waals surface area contributed by atoms with Gasteiger partial charge in [0.25, 0.3) is 0 Å². The minimum absolute atomic E-state index is 0.0488. The van der Waals surface area contributed by atoms with Crippen molar-refractivity contribution in [2.75, 3.05) is 7.05 Å². The van der Waals surface area contributed by atoms with Crippen LogP contribution < -0.4 is 5.32 Å². The summed E-state index contributed by atoms with van der Waals surface area (Å²) in [5, 5.41) is 5.72. The highest BCUT2D eigenvalue weighted by Crippen LogP contribution is 2.25. The van der Waals surface area contributed by atoms with Gasteiger partial charge in [-0.05, 0) is 36.7 Å². The first-order valence-electron chi connectivity index (χ1n) is 5.35. The summed E-state index contributed by atoms with van der Waals surface area (Å²) in [5.41, 5.74) is 0.619. The van der Waals surface area contributed by atoms with Crippen molar-refractivity contribution in [2.45, 2.75) is 12.5 Å². The monoisotopic (exact) mass is 269 g/mol. The predicted molar refractivity (Wildman–Crippen MR) is 71.2 cm³/mol. The SMILES string of the molecule is CNC(Cc1cccs1)c1cc(Cl)ccc1F. The third kappa shape index (κ3) is 3.06. The van der Waals surface area contributed by atoms with E-state index in [0.29, 0.717) is 10.6 Å². The number of hydrogen-bond acceptors (Lipinski definition) is 2.